The number of rotatable bonds is 5. The van der Waals surface area contributed by atoms with E-state index in [1.165, 1.54) is 9.13 Å². The van der Waals surface area contributed by atoms with E-state index in [0.717, 1.165) is 24.1 Å². The molecule has 3 rings (SSSR count). The van der Waals surface area contributed by atoms with Crippen molar-refractivity contribution >= 4 is 34.2 Å². The first-order valence-corrected chi connectivity index (χ1v) is 8.59. The van der Waals surface area contributed by atoms with E-state index >= 15 is 0 Å². The second-order valence-electron chi connectivity index (χ2n) is 5.73. The van der Waals surface area contributed by atoms with Gasteiger partial charge in [0.15, 0.2) is 0 Å². The molecule has 0 unspecified atom stereocenters. The van der Waals surface area contributed by atoms with Crippen molar-refractivity contribution in [2.45, 2.75) is 31.8 Å². The lowest BCUT2D eigenvalue weighted by molar-refractivity contribution is -0.122. The lowest BCUT2D eigenvalue weighted by atomic mass is 10.1. The van der Waals surface area contributed by atoms with Crippen molar-refractivity contribution in [2.24, 2.45) is 0 Å². The molecule has 114 valence electrons. The number of amides is 1. The van der Waals surface area contributed by atoms with Crippen LogP contribution in [0.5, 0.6) is 0 Å². The third-order valence-electron chi connectivity index (χ3n) is 3.80. The van der Waals surface area contributed by atoms with Gasteiger partial charge in [0.05, 0.1) is 0 Å². The van der Waals surface area contributed by atoms with Crippen molar-refractivity contribution in [3.63, 3.8) is 0 Å². The van der Waals surface area contributed by atoms with E-state index in [4.69, 9.17) is 0 Å². The summed E-state index contributed by atoms with van der Waals surface area (Å²) < 4.78 is 1.19. The zero-order valence-corrected chi connectivity index (χ0v) is 14.6. The maximum absolute atomic E-state index is 12.6. The van der Waals surface area contributed by atoms with Gasteiger partial charge in [-0.2, -0.15) is 0 Å². The highest BCUT2D eigenvalue weighted by Crippen LogP contribution is 2.25. The maximum Gasteiger partial charge on any atom is 0.247 e. The highest BCUT2D eigenvalue weighted by molar-refractivity contribution is 14.1. The van der Waals surface area contributed by atoms with Crippen LogP contribution < -0.4 is 10.6 Å². The average molecular weight is 406 g/mol. The van der Waals surface area contributed by atoms with Crippen LogP contribution in [0.25, 0.3) is 0 Å². The molecule has 3 nitrogen and oxygen atoms in total. The van der Waals surface area contributed by atoms with Crippen LogP contribution in [-0.2, 0) is 4.79 Å². The van der Waals surface area contributed by atoms with Gasteiger partial charge in [-0.1, -0.05) is 36.4 Å². The van der Waals surface area contributed by atoms with E-state index in [-0.39, 0.29) is 11.9 Å². The zero-order valence-electron chi connectivity index (χ0n) is 12.5. The molecule has 0 bridgehead atoms. The molecule has 1 atom stereocenters. The van der Waals surface area contributed by atoms with Gasteiger partial charge in [-0.05, 0) is 65.6 Å². The van der Waals surface area contributed by atoms with Crippen molar-refractivity contribution in [2.75, 3.05) is 5.32 Å². The third kappa shape index (κ3) is 3.80. The molecule has 1 saturated carbocycles. The molecule has 0 radical (unpaired) electrons. The molecule has 2 N–H and O–H groups in total. The van der Waals surface area contributed by atoms with Crippen LogP contribution in [0.3, 0.4) is 0 Å². The van der Waals surface area contributed by atoms with Gasteiger partial charge in [-0.15, -0.1) is 0 Å². The highest BCUT2D eigenvalue weighted by atomic mass is 127. The Morgan fingerprint density at radius 2 is 1.91 bits per heavy atom. The molecular weight excluding hydrogens is 387 g/mol. The summed E-state index contributed by atoms with van der Waals surface area (Å²) in [7, 11) is 0. The van der Waals surface area contributed by atoms with Crippen LogP contribution in [-0.4, -0.2) is 11.9 Å². The number of halogens is 1. The number of anilines is 1. The van der Waals surface area contributed by atoms with E-state index in [0.29, 0.717) is 6.04 Å². The molecule has 0 spiro atoms. The summed E-state index contributed by atoms with van der Waals surface area (Å²) in [5.41, 5.74) is 3.19. The fourth-order valence-corrected chi connectivity index (χ4v) is 2.82. The Kier molecular flexibility index (Phi) is 4.66. The normalized spacial score (nSPS) is 15.2. The summed E-state index contributed by atoms with van der Waals surface area (Å²) in [6.45, 7) is 2.08. The average Bonchev–Trinajstić information content (AvgIpc) is 3.33. The van der Waals surface area contributed by atoms with Crippen LogP contribution in [0.1, 0.15) is 30.0 Å². The first kappa shape index (κ1) is 15.3. The molecule has 0 heterocycles. The smallest absolute Gasteiger partial charge is 0.247 e. The van der Waals surface area contributed by atoms with Crippen LogP contribution in [0.4, 0.5) is 5.69 Å². The summed E-state index contributed by atoms with van der Waals surface area (Å²) in [6.07, 6.45) is 2.19. The van der Waals surface area contributed by atoms with Crippen molar-refractivity contribution in [3.8, 4) is 0 Å². The van der Waals surface area contributed by atoms with Crippen LogP contribution in [0, 0.1) is 10.5 Å². The molecule has 0 aromatic heterocycles. The zero-order chi connectivity index (χ0) is 15.5. The Labute approximate surface area is 144 Å². The second kappa shape index (κ2) is 6.69. The Morgan fingerprint density at radius 3 is 2.55 bits per heavy atom. The summed E-state index contributed by atoms with van der Waals surface area (Å²) in [5.74, 6) is 0.0456. The number of hydrogen-bond acceptors (Lipinski definition) is 2. The van der Waals surface area contributed by atoms with Crippen molar-refractivity contribution in [1.82, 2.24) is 5.32 Å². The van der Waals surface area contributed by atoms with Crippen LogP contribution >= 0.6 is 22.6 Å². The molecule has 4 heteroatoms. The van der Waals surface area contributed by atoms with Crippen molar-refractivity contribution < 1.29 is 4.79 Å². The SMILES string of the molecule is Cc1ccc(N[C@@H](C(=O)NC2CC2)c2ccccc2)cc1I. The van der Waals surface area contributed by atoms with Gasteiger partial charge in [0.2, 0.25) is 5.91 Å². The third-order valence-corrected chi connectivity index (χ3v) is 4.96. The molecule has 22 heavy (non-hydrogen) atoms. The molecule has 2 aromatic rings. The molecule has 0 saturated heterocycles. The monoisotopic (exact) mass is 406 g/mol. The molecule has 1 fully saturated rings. The van der Waals surface area contributed by atoms with Gasteiger partial charge >= 0.3 is 0 Å². The predicted octanol–water partition coefficient (Wildman–Crippen LogP) is 4.03. The van der Waals surface area contributed by atoms with E-state index in [9.17, 15) is 4.79 Å². The topological polar surface area (TPSA) is 41.1 Å². The molecule has 1 amide bonds. The Morgan fingerprint density at radius 1 is 1.18 bits per heavy atom. The number of benzene rings is 2. The number of hydrogen-bond donors (Lipinski definition) is 2. The van der Waals surface area contributed by atoms with Gasteiger partial charge in [-0.3, -0.25) is 4.79 Å². The standard InChI is InChI=1S/C18H19IN2O/c1-12-7-8-15(11-16(12)19)20-17(13-5-3-2-4-6-13)18(22)21-14-9-10-14/h2-8,11,14,17,20H,9-10H2,1H3,(H,21,22)/t17-/m1/s1. The Hall–Kier alpha value is -1.56. The van der Waals surface area contributed by atoms with E-state index in [1.807, 2.05) is 36.4 Å². The minimum Gasteiger partial charge on any atom is -0.370 e. The van der Waals surface area contributed by atoms with Crippen LogP contribution in [0.15, 0.2) is 48.5 Å². The summed E-state index contributed by atoms with van der Waals surface area (Å²) >= 11 is 2.32. The first-order chi connectivity index (χ1) is 10.6. The Bertz CT molecular complexity index is 668. The van der Waals surface area contributed by atoms with E-state index < -0.39 is 0 Å². The first-order valence-electron chi connectivity index (χ1n) is 7.51. The van der Waals surface area contributed by atoms with Crippen LogP contribution in [0.2, 0.25) is 0 Å². The van der Waals surface area contributed by atoms with Gasteiger partial charge in [0.1, 0.15) is 6.04 Å². The Balaban J connectivity index is 1.83. The van der Waals surface area contributed by atoms with Gasteiger partial charge in [0, 0.05) is 15.3 Å². The lowest BCUT2D eigenvalue weighted by Gasteiger charge is -2.20. The van der Waals surface area contributed by atoms with Gasteiger partial charge in [-0.25, -0.2) is 0 Å². The molecular formula is C18H19IN2O. The number of aryl methyl sites for hydroxylation is 1. The highest BCUT2D eigenvalue weighted by Gasteiger charge is 2.28. The van der Waals surface area contributed by atoms with Gasteiger partial charge in [0.25, 0.3) is 0 Å². The van der Waals surface area contributed by atoms with Crippen molar-refractivity contribution in [1.29, 1.82) is 0 Å². The van der Waals surface area contributed by atoms with E-state index in [2.05, 4.69) is 52.3 Å². The summed E-state index contributed by atoms with van der Waals surface area (Å²) in [4.78, 5) is 12.6. The maximum atomic E-state index is 12.6. The summed E-state index contributed by atoms with van der Waals surface area (Å²) in [5, 5.41) is 6.47. The largest absolute Gasteiger partial charge is 0.370 e. The molecule has 1 aliphatic rings. The minimum absolute atomic E-state index is 0.0456. The number of carbonyl (C=O) groups excluding carboxylic acids is 1. The quantitative estimate of drug-likeness (QED) is 0.737. The second-order valence-corrected chi connectivity index (χ2v) is 6.90. The van der Waals surface area contributed by atoms with Crippen molar-refractivity contribution in [3.05, 3.63) is 63.2 Å². The minimum atomic E-state index is -0.361. The fraction of sp³-hybridized carbons (Fsp3) is 0.278. The van der Waals surface area contributed by atoms with E-state index in [1.54, 1.807) is 0 Å². The predicted molar refractivity (Wildman–Crippen MR) is 97.9 cm³/mol. The lowest BCUT2D eigenvalue weighted by Crippen LogP contribution is -2.34. The number of carbonyl (C=O) groups is 1. The molecule has 2 aromatic carbocycles. The number of nitrogens with one attached hydrogen (secondary N) is 2. The summed E-state index contributed by atoms with van der Waals surface area (Å²) in [6, 6.07) is 16.1. The molecule has 1 aliphatic carbocycles. The van der Waals surface area contributed by atoms with Gasteiger partial charge < -0.3 is 10.6 Å². The fourth-order valence-electron chi connectivity index (χ4n) is 2.31. The molecule has 0 aliphatic heterocycles.